The summed E-state index contributed by atoms with van der Waals surface area (Å²) in [6, 6.07) is 10.3. The van der Waals surface area contributed by atoms with Crippen LogP contribution in [0.5, 0.6) is 0 Å². The minimum Gasteiger partial charge on any atom is -0.207 e. The average molecular weight is 269 g/mol. The molecule has 2 rings (SSSR count). The summed E-state index contributed by atoms with van der Waals surface area (Å²) in [6.45, 7) is 1.97. The molecule has 0 saturated carbocycles. The Morgan fingerprint density at radius 2 is 1.88 bits per heavy atom. The molecule has 0 spiro atoms. The Morgan fingerprint density at radius 1 is 1.12 bits per heavy atom. The molecule has 0 atom stereocenters. The Kier molecular flexibility index (Phi) is 3.70. The largest absolute Gasteiger partial charge is 0.207 e. The third-order valence-electron chi connectivity index (χ3n) is 2.74. The number of benzene rings is 2. The predicted octanol–water partition coefficient (Wildman–Crippen LogP) is 5.03. The SMILES string of the molecule is Cc1ccc(Cl)cc1Cc1c(F)cccc1Cl. The Bertz CT molecular complexity index is 530. The zero-order valence-corrected chi connectivity index (χ0v) is 10.8. The molecule has 0 heterocycles. The summed E-state index contributed by atoms with van der Waals surface area (Å²) in [4.78, 5) is 0. The zero-order chi connectivity index (χ0) is 12.4. The molecule has 0 fully saturated rings. The van der Waals surface area contributed by atoms with E-state index in [2.05, 4.69) is 0 Å². The van der Waals surface area contributed by atoms with Gasteiger partial charge in [0.25, 0.3) is 0 Å². The average Bonchev–Trinajstić information content (AvgIpc) is 2.28. The maximum Gasteiger partial charge on any atom is 0.128 e. The fourth-order valence-corrected chi connectivity index (χ4v) is 2.15. The van der Waals surface area contributed by atoms with Gasteiger partial charge in [-0.2, -0.15) is 0 Å². The van der Waals surface area contributed by atoms with Gasteiger partial charge in [-0.05, 0) is 42.3 Å². The van der Waals surface area contributed by atoms with Crippen LogP contribution in [0.4, 0.5) is 4.39 Å². The van der Waals surface area contributed by atoms with Crippen LogP contribution in [0.25, 0.3) is 0 Å². The Labute approximate surface area is 110 Å². The summed E-state index contributed by atoms with van der Waals surface area (Å²) < 4.78 is 13.7. The van der Waals surface area contributed by atoms with Crippen LogP contribution in [0.15, 0.2) is 36.4 Å². The molecule has 0 bridgehead atoms. The summed E-state index contributed by atoms with van der Waals surface area (Å²) in [7, 11) is 0. The van der Waals surface area contributed by atoms with Gasteiger partial charge in [0, 0.05) is 22.0 Å². The van der Waals surface area contributed by atoms with Gasteiger partial charge in [-0.15, -0.1) is 0 Å². The van der Waals surface area contributed by atoms with Gasteiger partial charge in [-0.1, -0.05) is 35.3 Å². The van der Waals surface area contributed by atoms with Crippen LogP contribution in [-0.4, -0.2) is 0 Å². The monoisotopic (exact) mass is 268 g/mol. The molecular formula is C14H11Cl2F. The normalized spacial score (nSPS) is 10.6. The van der Waals surface area contributed by atoms with Crippen molar-refractivity contribution in [2.45, 2.75) is 13.3 Å². The lowest BCUT2D eigenvalue weighted by molar-refractivity contribution is 0.614. The van der Waals surface area contributed by atoms with Crippen molar-refractivity contribution in [3.05, 3.63) is 69.0 Å². The Hall–Kier alpha value is -1.05. The molecule has 17 heavy (non-hydrogen) atoms. The molecule has 0 aromatic heterocycles. The van der Waals surface area contributed by atoms with E-state index in [9.17, 15) is 4.39 Å². The van der Waals surface area contributed by atoms with Gasteiger partial charge >= 0.3 is 0 Å². The van der Waals surface area contributed by atoms with Gasteiger partial charge in [0.1, 0.15) is 5.82 Å². The summed E-state index contributed by atoms with van der Waals surface area (Å²) >= 11 is 11.9. The topological polar surface area (TPSA) is 0 Å². The molecule has 2 aromatic carbocycles. The first-order valence-corrected chi connectivity index (χ1v) is 6.01. The maximum absolute atomic E-state index is 13.7. The van der Waals surface area contributed by atoms with Crippen molar-refractivity contribution in [1.82, 2.24) is 0 Å². The lowest BCUT2D eigenvalue weighted by Crippen LogP contribution is -1.96. The van der Waals surface area contributed by atoms with Crippen molar-refractivity contribution in [2.75, 3.05) is 0 Å². The van der Waals surface area contributed by atoms with Gasteiger partial charge in [0.05, 0.1) is 0 Å². The molecule has 2 aromatic rings. The molecule has 0 radical (unpaired) electrons. The van der Waals surface area contributed by atoms with Gasteiger partial charge < -0.3 is 0 Å². The van der Waals surface area contributed by atoms with E-state index >= 15 is 0 Å². The van der Waals surface area contributed by atoms with Crippen molar-refractivity contribution in [1.29, 1.82) is 0 Å². The standard InChI is InChI=1S/C14H11Cl2F/c1-9-5-6-11(15)7-10(9)8-12-13(16)3-2-4-14(12)17/h2-7H,8H2,1H3. The minimum atomic E-state index is -0.281. The smallest absolute Gasteiger partial charge is 0.128 e. The molecular weight excluding hydrogens is 258 g/mol. The lowest BCUT2D eigenvalue weighted by atomic mass is 10.0. The molecule has 0 saturated heterocycles. The van der Waals surface area contributed by atoms with Crippen molar-refractivity contribution in [3.8, 4) is 0 Å². The van der Waals surface area contributed by atoms with Gasteiger partial charge in [0.15, 0.2) is 0 Å². The summed E-state index contributed by atoms with van der Waals surface area (Å²) in [6.07, 6.45) is 0.456. The van der Waals surface area contributed by atoms with E-state index in [0.29, 0.717) is 22.0 Å². The number of rotatable bonds is 2. The molecule has 0 nitrogen and oxygen atoms in total. The highest BCUT2D eigenvalue weighted by molar-refractivity contribution is 6.31. The molecule has 0 amide bonds. The zero-order valence-electron chi connectivity index (χ0n) is 9.31. The van der Waals surface area contributed by atoms with E-state index in [1.165, 1.54) is 6.07 Å². The Morgan fingerprint density at radius 3 is 2.59 bits per heavy atom. The van der Waals surface area contributed by atoms with Gasteiger partial charge in [-0.3, -0.25) is 0 Å². The molecule has 0 aliphatic rings. The second kappa shape index (κ2) is 5.07. The predicted molar refractivity (Wildman–Crippen MR) is 70.4 cm³/mol. The number of halogens is 3. The fourth-order valence-electron chi connectivity index (χ4n) is 1.72. The maximum atomic E-state index is 13.7. The lowest BCUT2D eigenvalue weighted by Gasteiger charge is -2.09. The molecule has 3 heteroatoms. The summed E-state index contributed by atoms with van der Waals surface area (Å²) in [5, 5.41) is 1.10. The number of aryl methyl sites for hydroxylation is 1. The second-order valence-electron chi connectivity index (χ2n) is 3.95. The molecule has 88 valence electrons. The number of hydrogen-bond donors (Lipinski definition) is 0. The van der Waals surface area contributed by atoms with Crippen LogP contribution in [-0.2, 0) is 6.42 Å². The van der Waals surface area contributed by atoms with Crippen molar-refractivity contribution in [2.24, 2.45) is 0 Å². The highest BCUT2D eigenvalue weighted by Crippen LogP contribution is 2.25. The van der Waals surface area contributed by atoms with Crippen LogP contribution in [0.3, 0.4) is 0 Å². The minimum absolute atomic E-state index is 0.281. The first kappa shape index (κ1) is 12.4. The van der Waals surface area contributed by atoms with E-state index in [4.69, 9.17) is 23.2 Å². The van der Waals surface area contributed by atoms with Gasteiger partial charge in [-0.25, -0.2) is 4.39 Å². The number of hydrogen-bond acceptors (Lipinski definition) is 0. The third kappa shape index (κ3) is 2.80. The molecule has 0 N–H and O–H groups in total. The quantitative estimate of drug-likeness (QED) is 0.717. The summed E-state index contributed by atoms with van der Waals surface area (Å²) in [5.41, 5.74) is 2.58. The first-order valence-electron chi connectivity index (χ1n) is 5.26. The highest BCUT2D eigenvalue weighted by atomic mass is 35.5. The van der Waals surface area contributed by atoms with E-state index in [0.717, 1.165) is 11.1 Å². The fraction of sp³-hybridized carbons (Fsp3) is 0.143. The van der Waals surface area contributed by atoms with E-state index in [1.54, 1.807) is 12.1 Å². The van der Waals surface area contributed by atoms with Crippen LogP contribution in [0.2, 0.25) is 10.0 Å². The van der Waals surface area contributed by atoms with E-state index < -0.39 is 0 Å². The Balaban J connectivity index is 2.41. The molecule has 0 aliphatic carbocycles. The third-order valence-corrected chi connectivity index (χ3v) is 3.33. The molecule has 0 unspecified atom stereocenters. The van der Waals surface area contributed by atoms with E-state index in [-0.39, 0.29) is 5.82 Å². The second-order valence-corrected chi connectivity index (χ2v) is 4.79. The van der Waals surface area contributed by atoms with Crippen LogP contribution in [0.1, 0.15) is 16.7 Å². The molecule has 0 aliphatic heterocycles. The van der Waals surface area contributed by atoms with Crippen LogP contribution < -0.4 is 0 Å². The van der Waals surface area contributed by atoms with Gasteiger partial charge in [0.2, 0.25) is 0 Å². The first-order chi connectivity index (χ1) is 8.08. The van der Waals surface area contributed by atoms with Crippen molar-refractivity contribution in [3.63, 3.8) is 0 Å². The highest BCUT2D eigenvalue weighted by Gasteiger charge is 2.09. The van der Waals surface area contributed by atoms with Crippen molar-refractivity contribution >= 4 is 23.2 Å². The van der Waals surface area contributed by atoms with E-state index in [1.807, 2.05) is 25.1 Å². The van der Waals surface area contributed by atoms with Crippen LogP contribution in [0, 0.1) is 12.7 Å². The summed E-state index contributed by atoms with van der Waals surface area (Å²) in [5.74, 6) is -0.281. The van der Waals surface area contributed by atoms with Crippen molar-refractivity contribution < 1.29 is 4.39 Å². The van der Waals surface area contributed by atoms with Crippen LogP contribution >= 0.6 is 23.2 Å².